The van der Waals surface area contributed by atoms with E-state index in [1.165, 1.54) is 122 Å². The minimum atomic E-state index is -4.15. The summed E-state index contributed by atoms with van der Waals surface area (Å²) >= 11 is 0. The third-order valence-corrected chi connectivity index (χ3v) is 14.7. The number of hydrogen-bond acceptors (Lipinski definition) is 10. The van der Waals surface area contributed by atoms with E-state index < -0.39 is 32.2 Å². The molecule has 9 nitrogen and oxygen atoms in total. The highest BCUT2D eigenvalue weighted by Gasteiger charge is 2.25. The van der Waals surface area contributed by atoms with Crippen LogP contribution in [0, 0.1) is 0 Å². The van der Waals surface area contributed by atoms with E-state index in [1.54, 1.807) is 0 Å². The first-order chi connectivity index (χ1) is 27.3. The van der Waals surface area contributed by atoms with Crippen molar-refractivity contribution in [2.75, 3.05) is 31.7 Å². The van der Waals surface area contributed by atoms with Crippen molar-refractivity contribution < 1.29 is 42.6 Å². The van der Waals surface area contributed by atoms with E-state index in [1.807, 2.05) is 21.6 Å². The Bertz CT molecular complexity index is 996. The predicted molar refractivity (Wildman–Crippen MR) is 235 cm³/mol. The molecule has 0 aromatic rings. The second-order valence-corrected chi connectivity index (χ2v) is 20.6. The molecule has 12 heteroatoms. The van der Waals surface area contributed by atoms with Crippen LogP contribution in [-0.2, 0) is 37.7 Å². The van der Waals surface area contributed by atoms with Crippen molar-refractivity contribution in [1.82, 2.24) is 0 Å². The van der Waals surface area contributed by atoms with Crippen LogP contribution >= 0.6 is 29.2 Å². The molecule has 0 amide bonds. The van der Waals surface area contributed by atoms with Gasteiger partial charge in [0, 0.05) is 30.3 Å². The summed E-state index contributed by atoms with van der Waals surface area (Å²) in [5.74, 6) is -0.0657. The summed E-state index contributed by atoms with van der Waals surface area (Å²) in [5, 5.41) is 0.578. The quantitative estimate of drug-likeness (QED) is 0.0208. The van der Waals surface area contributed by atoms with Gasteiger partial charge in [0.1, 0.15) is 13.2 Å². The Morgan fingerprint density at radius 3 is 1.48 bits per heavy atom. The Labute approximate surface area is 350 Å². The first-order valence-corrected chi connectivity index (χ1v) is 27.2. The van der Waals surface area contributed by atoms with Crippen LogP contribution in [0.4, 0.5) is 0 Å². The van der Waals surface area contributed by atoms with E-state index in [-0.39, 0.29) is 44.6 Å². The van der Waals surface area contributed by atoms with Gasteiger partial charge in [0.15, 0.2) is 6.10 Å². The molecule has 1 N–H and O–H groups in total. The zero-order valence-corrected chi connectivity index (χ0v) is 38.3. The lowest BCUT2D eigenvalue weighted by Gasteiger charge is -2.20. The van der Waals surface area contributed by atoms with Gasteiger partial charge in [-0.2, -0.15) is 0 Å². The Morgan fingerprint density at radius 1 is 0.589 bits per heavy atom. The Balaban J connectivity index is 2.35. The number of esters is 3. The molecule has 1 heterocycles. The molecule has 1 saturated heterocycles. The second kappa shape index (κ2) is 38.5. The number of hydrogen-bond donors (Lipinski definition) is 1. The molecule has 0 aromatic heterocycles. The van der Waals surface area contributed by atoms with Crippen molar-refractivity contribution in [2.45, 2.75) is 231 Å². The highest BCUT2D eigenvalue weighted by molar-refractivity contribution is 8.77. The molecule has 0 radical (unpaired) electrons. The lowest BCUT2D eigenvalue weighted by molar-refractivity contribution is -0.161. The summed E-state index contributed by atoms with van der Waals surface area (Å²) in [6, 6.07) is 0. The van der Waals surface area contributed by atoms with Crippen LogP contribution in [-0.4, -0.2) is 65.9 Å². The summed E-state index contributed by atoms with van der Waals surface area (Å²) in [6.45, 7) is 3.62. The minimum Gasteiger partial charge on any atom is -0.465 e. The third-order valence-electron chi connectivity index (χ3n) is 10.4. The van der Waals surface area contributed by atoms with Gasteiger partial charge in [0.2, 0.25) is 0 Å². The fraction of sp³-hybridized carbons (Fsp3) is 0.932. The van der Waals surface area contributed by atoms with Gasteiger partial charge in [-0.15, -0.1) is 0 Å². The molecule has 1 aliphatic rings. The topological polar surface area (TPSA) is 125 Å². The van der Waals surface area contributed by atoms with Crippen molar-refractivity contribution in [2.24, 2.45) is 0 Å². The fourth-order valence-electron chi connectivity index (χ4n) is 6.84. The van der Waals surface area contributed by atoms with E-state index in [0.717, 1.165) is 63.5 Å². The van der Waals surface area contributed by atoms with Gasteiger partial charge < -0.3 is 23.6 Å². The van der Waals surface area contributed by atoms with Crippen LogP contribution in [0.1, 0.15) is 219 Å². The van der Waals surface area contributed by atoms with Gasteiger partial charge in [-0.1, -0.05) is 190 Å². The van der Waals surface area contributed by atoms with E-state index in [0.29, 0.717) is 11.7 Å². The monoisotopic (exact) mass is 851 g/mol. The Morgan fingerprint density at radius 2 is 1.02 bits per heavy atom. The van der Waals surface area contributed by atoms with Gasteiger partial charge in [-0.25, -0.2) is 0 Å². The van der Waals surface area contributed by atoms with E-state index in [2.05, 4.69) is 13.8 Å². The number of rotatable bonds is 41. The molecule has 3 atom stereocenters. The zero-order valence-electron chi connectivity index (χ0n) is 35.8. The molecule has 330 valence electrons. The summed E-state index contributed by atoms with van der Waals surface area (Å²) in [7, 11) is -0.410. The lowest BCUT2D eigenvalue weighted by atomic mass is 10.0. The molecule has 2 unspecified atom stereocenters. The van der Waals surface area contributed by atoms with Gasteiger partial charge in [-0.05, 0) is 32.1 Å². The zero-order chi connectivity index (χ0) is 40.8. The average molecular weight is 851 g/mol. The number of carbonyl (C=O) groups is 3. The molecule has 0 spiro atoms. The molecule has 0 saturated carbocycles. The fourth-order valence-corrected chi connectivity index (χ4v) is 10.7. The van der Waals surface area contributed by atoms with Crippen LogP contribution < -0.4 is 0 Å². The van der Waals surface area contributed by atoms with Crippen molar-refractivity contribution in [3.05, 3.63) is 0 Å². The summed E-state index contributed by atoms with van der Waals surface area (Å²) in [5.41, 5.74) is 0. The maximum Gasteiger partial charge on any atom is 0.331 e. The van der Waals surface area contributed by atoms with Crippen LogP contribution in [0.5, 0.6) is 0 Å². The highest BCUT2D eigenvalue weighted by atomic mass is 33.1. The molecule has 1 aliphatic heterocycles. The standard InChI is InChI=1S/C44H83O9PS2/c1-3-5-7-9-11-13-15-17-19-21-23-25-27-31-43(46)51-38-40(53-44(47)32-28-26-24-22-20-18-16-14-12-10-8-6-4-2)39-52-54(48,49)36-35-50-42(45)33-29-30-41-34-37-55-56-41/h40-41H,3-39H2,1-2H3,(H,48,49)/t40-,41?/m1/s1. The molecule has 1 fully saturated rings. The normalized spacial score (nSPS) is 15.7. The predicted octanol–water partition coefficient (Wildman–Crippen LogP) is 13.5. The number of ether oxygens (including phenoxy) is 3. The highest BCUT2D eigenvalue weighted by Crippen LogP contribution is 2.42. The Hall–Kier alpha value is -0.740. The maximum atomic E-state index is 12.8. The van der Waals surface area contributed by atoms with Crippen molar-refractivity contribution in [3.8, 4) is 0 Å². The smallest absolute Gasteiger partial charge is 0.331 e. The van der Waals surface area contributed by atoms with Crippen LogP contribution in [0.3, 0.4) is 0 Å². The molecule has 0 bridgehead atoms. The summed E-state index contributed by atoms with van der Waals surface area (Å²) in [4.78, 5) is 47.8. The number of carbonyl (C=O) groups excluding carboxylic acids is 3. The van der Waals surface area contributed by atoms with Gasteiger partial charge in [-0.3, -0.25) is 18.9 Å². The molecular formula is C44H83O9PS2. The molecule has 1 rings (SSSR count). The van der Waals surface area contributed by atoms with Crippen molar-refractivity contribution in [3.63, 3.8) is 0 Å². The average Bonchev–Trinajstić information content (AvgIpc) is 3.70. The molecule has 56 heavy (non-hydrogen) atoms. The third kappa shape index (κ3) is 35.2. The van der Waals surface area contributed by atoms with Gasteiger partial charge >= 0.3 is 25.5 Å². The minimum absolute atomic E-state index is 0.228. The van der Waals surface area contributed by atoms with Gasteiger partial charge in [0.05, 0.1) is 12.8 Å². The van der Waals surface area contributed by atoms with E-state index in [9.17, 15) is 23.8 Å². The molecule has 0 aromatic carbocycles. The van der Waals surface area contributed by atoms with Crippen LogP contribution in [0.15, 0.2) is 0 Å². The van der Waals surface area contributed by atoms with E-state index in [4.69, 9.17) is 18.7 Å². The molecular weight excluding hydrogens is 768 g/mol. The first-order valence-electron chi connectivity index (χ1n) is 23.0. The first kappa shape index (κ1) is 53.3. The Kier molecular flexibility index (Phi) is 36.6. The SMILES string of the molecule is CCCCCCCCCCCCCCCC(=O)OC[C@H](COP(=O)(O)CCOC(=O)CCCC1CCSS1)OC(=O)CCCCCCCCCCCCCCC. The van der Waals surface area contributed by atoms with E-state index >= 15 is 0 Å². The van der Waals surface area contributed by atoms with Gasteiger partial charge in [0.25, 0.3) is 0 Å². The summed E-state index contributed by atoms with van der Waals surface area (Å²) < 4.78 is 34.3. The largest absolute Gasteiger partial charge is 0.465 e. The summed E-state index contributed by atoms with van der Waals surface area (Å²) in [6.07, 6.45) is 33.8. The number of unbranched alkanes of at least 4 members (excludes halogenated alkanes) is 24. The van der Waals surface area contributed by atoms with Crippen LogP contribution in [0.2, 0.25) is 0 Å². The maximum absolute atomic E-state index is 12.8. The second-order valence-electron chi connectivity index (χ2n) is 15.9. The lowest BCUT2D eigenvalue weighted by Crippen LogP contribution is -2.29. The van der Waals surface area contributed by atoms with Crippen molar-refractivity contribution >= 4 is 47.1 Å². The van der Waals surface area contributed by atoms with Crippen LogP contribution in [0.25, 0.3) is 0 Å². The van der Waals surface area contributed by atoms with Crippen molar-refractivity contribution in [1.29, 1.82) is 0 Å². The molecule has 0 aliphatic carbocycles.